The lowest BCUT2D eigenvalue weighted by atomic mass is 10.3. The second-order valence-corrected chi connectivity index (χ2v) is 1.96. The summed E-state index contributed by atoms with van der Waals surface area (Å²) in [6, 6.07) is 0. The van der Waals surface area contributed by atoms with Gasteiger partial charge in [-0.1, -0.05) is 13.0 Å². The van der Waals surface area contributed by atoms with Crippen molar-refractivity contribution in [3.63, 3.8) is 0 Å². The molecule has 0 saturated heterocycles. The highest BCUT2D eigenvalue weighted by molar-refractivity contribution is 5.48. The molecule has 0 aliphatic rings. The molecule has 0 unspecified atom stereocenters. The second-order valence-electron chi connectivity index (χ2n) is 1.96. The molecule has 0 aromatic rings. The maximum atomic E-state index is 9.82. The molecule has 0 aliphatic carbocycles. The predicted octanol–water partition coefficient (Wildman–Crippen LogP) is 1.91. The molecule has 0 heterocycles. The first kappa shape index (κ1) is 9.21. The highest BCUT2D eigenvalue weighted by Crippen LogP contribution is 1.88. The van der Waals surface area contributed by atoms with Gasteiger partial charge in [0.15, 0.2) is 0 Å². The first-order valence-electron chi connectivity index (χ1n) is 3.62. The molecular formula is C8H14O2. The standard InChI is InChI=1S/C8H14O2/c1-2-3-7-10-8-5-4-6-9/h3,6-7H,2,4-5,8H2,1H3. The van der Waals surface area contributed by atoms with Crippen LogP contribution in [-0.2, 0) is 9.53 Å². The summed E-state index contributed by atoms with van der Waals surface area (Å²) in [5.41, 5.74) is 0. The van der Waals surface area contributed by atoms with Gasteiger partial charge >= 0.3 is 0 Å². The number of allylic oxidation sites excluding steroid dienone is 1. The summed E-state index contributed by atoms with van der Waals surface area (Å²) in [6.45, 7) is 2.69. The van der Waals surface area contributed by atoms with Crippen LogP contribution in [0, 0.1) is 0 Å². The maximum Gasteiger partial charge on any atom is 0.120 e. The first-order valence-corrected chi connectivity index (χ1v) is 3.62. The third kappa shape index (κ3) is 7.21. The zero-order chi connectivity index (χ0) is 7.66. The van der Waals surface area contributed by atoms with E-state index in [0.29, 0.717) is 13.0 Å². The van der Waals surface area contributed by atoms with Crippen LogP contribution in [0.1, 0.15) is 26.2 Å². The Morgan fingerprint density at radius 1 is 1.50 bits per heavy atom. The summed E-state index contributed by atoms with van der Waals surface area (Å²) in [7, 11) is 0. The molecule has 2 nitrogen and oxygen atoms in total. The normalized spacial score (nSPS) is 10.1. The van der Waals surface area contributed by atoms with Crippen molar-refractivity contribution in [1.82, 2.24) is 0 Å². The minimum absolute atomic E-state index is 0.597. The maximum absolute atomic E-state index is 9.82. The van der Waals surface area contributed by atoms with Crippen LogP contribution in [0.2, 0.25) is 0 Å². The predicted molar refractivity (Wildman–Crippen MR) is 40.7 cm³/mol. The molecule has 0 amide bonds. The van der Waals surface area contributed by atoms with Crippen molar-refractivity contribution in [3.8, 4) is 0 Å². The van der Waals surface area contributed by atoms with E-state index in [1.165, 1.54) is 0 Å². The molecule has 0 atom stereocenters. The van der Waals surface area contributed by atoms with E-state index in [-0.39, 0.29) is 0 Å². The van der Waals surface area contributed by atoms with Gasteiger partial charge in [-0.2, -0.15) is 0 Å². The van der Waals surface area contributed by atoms with Crippen LogP contribution < -0.4 is 0 Å². The average Bonchev–Trinajstić information content (AvgIpc) is 1.97. The Bertz CT molecular complexity index is 97.4. The fourth-order valence-corrected chi connectivity index (χ4v) is 0.482. The van der Waals surface area contributed by atoms with Crippen molar-refractivity contribution in [2.45, 2.75) is 26.2 Å². The van der Waals surface area contributed by atoms with E-state index in [0.717, 1.165) is 19.1 Å². The molecule has 0 rings (SSSR count). The summed E-state index contributed by atoms with van der Waals surface area (Å²) in [4.78, 5) is 9.82. The summed E-state index contributed by atoms with van der Waals surface area (Å²) in [5.74, 6) is 0. The zero-order valence-electron chi connectivity index (χ0n) is 6.38. The van der Waals surface area contributed by atoms with Gasteiger partial charge in [-0.05, 0) is 12.8 Å². The summed E-state index contributed by atoms with van der Waals surface area (Å²) in [5, 5.41) is 0. The van der Waals surface area contributed by atoms with Crippen LogP contribution in [0.25, 0.3) is 0 Å². The SMILES string of the molecule is CCC=COCCCC=O. The quantitative estimate of drug-likeness (QED) is 0.321. The number of hydrogen-bond donors (Lipinski definition) is 0. The Labute approximate surface area is 61.9 Å². The van der Waals surface area contributed by atoms with Crippen LogP contribution in [0.4, 0.5) is 0 Å². The minimum Gasteiger partial charge on any atom is -0.502 e. The molecule has 10 heavy (non-hydrogen) atoms. The number of ether oxygens (including phenoxy) is 1. The molecule has 2 heteroatoms. The fourth-order valence-electron chi connectivity index (χ4n) is 0.482. The lowest BCUT2D eigenvalue weighted by Crippen LogP contribution is -1.87. The van der Waals surface area contributed by atoms with Gasteiger partial charge in [0.05, 0.1) is 12.9 Å². The molecular weight excluding hydrogens is 128 g/mol. The van der Waals surface area contributed by atoms with E-state index < -0.39 is 0 Å². The zero-order valence-corrected chi connectivity index (χ0v) is 6.38. The molecule has 0 bridgehead atoms. The molecule has 0 fully saturated rings. The van der Waals surface area contributed by atoms with Crippen molar-refractivity contribution in [1.29, 1.82) is 0 Å². The van der Waals surface area contributed by atoms with Crippen LogP contribution in [-0.4, -0.2) is 12.9 Å². The molecule has 0 saturated carbocycles. The van der Waals surface area contributed by atoms with Crippen LogP contribution in [0.15, 0.2) is 12.3 Å². The van der Waals surface area contributed by atoms with Gasteiger partial charge in [-0.3, -0.25) is 0 Å². The summed E-state index contributed by atoms with van der Waals surface area (Å²) < 4.78 is 5.04. The Kier molecular flexibility index (Phi) is 7.56. The number of hydrogen-bond acceptors (Lipinski definition) is 2. The molecule has 0 spiro atoms. The lowest BCUT2D eigenvalue weighted by molar-refractivity contribution is -0.108. The van der Waals surface area contributed by atoms with Crippen molar-refractivity contribution in [2.24, 2.45) is 0 Å². The highest BCUT2D eigenvalue weighted by Gasteiger charge is 1.82. The van der Waals surface area contributed by atoms with Crippen LogP contribution in [0.5, 0.6) is 0 Å². The van der Waals surface area contributed by atoms with Crippen molar-refractivity contribution in [3.05, 3.63) is 12.3 Å². The summed E-state index contributed by atoms with van der Waals surface area (Å²) in [6.07, 6.45) is 6.95. The second kappa shape index (κ2) is 8.21. The van der Waals surface area contributed by atoms with E-state index in [1.54, 1.807) is 6.26 Å². The smallest absolute Gasteiger partial charge is 0.120 e. The number of aldehydes is 1. The monoisotopic (exact) mass is 142 g/mol. The molecule has 0 aliphatic heterocycles. The van der Waals surface area contributed by atoms with E-state index in [1.807, 2.05) is 13.0 Å². The van der Waals surface area contributed by atoms with E-state index in [9.17, 15) is 4.79 Å². The van der Waals surface area contributed by atoms with Gasteiger partial charge in [-0.25, -0.2) is 0 Å². The Hall–Kier alpha value is -0.790. The molecule has 0 aromatic carbocycles. The topological polar surface area (TPSA) is 26.3 Å². The minimum atomic E-state index is 0.597. The van der Waals surface area contributed by atoms with E-state index >= 15 is 0 Å². The third-order valence-corrected chi connectivity index (χ3v) is 1.01. The Morgan fingerprint density at radius 3 is 2.90 bits per heavy atom. The van der Waals surface area contributed by atoms with E-state index in [2.05, 4.69) is 0 Å². The van der Waals surface area contributed by atoms with Crippen molar-refractivity contribution >= 4 is 6.29 Å². The highest BCUT2D eigenvalue weighted by atomic mass is 16.5. The number of unbranched alkanes of at least 4 members (excludes halogenated alkanes) is 1. The van der Waals surface area contributed by atoms with Crippen LogP contribution in [0.3, 0.4) is 0 Å². The van der Waals surface area contributed by atoms with Crippen molar-refractivity contribution < 1.29 is 9.53 Å². The first-order chi connectivity index (χ1) is 4.91. The Balaban J connectivity index is 2.89. The van der Waals surface area contributed by atoms with Gasteiger partial charge in [-0.15, -0.1) is 0 Å². The Morgan fingerprint density at radius 2 is 2.30 bits per heavy atom. The molecule has 0 aromatic heterocycles. The average molecular weight is 142 g/mol. The van der Waals surface area contributed by atoms with Gasteiger partial charge in [0.25, 0.3) is 0 Å². The van der Waals surface area contributed by atoms with Gasteiger partial charge < -0.3 is 9.53 Å². The number of carbonyl (C=O) groups is 1. The van der Waals surface area contributed by atoms with Gasteiger partial charge in [0.1, 0.15) is 6.29 Å². The van der Waals surface area contributed by atoms with Gasteiger partial charge in [0.2, 0.25) is 0 Å². The third-order valence-electron chi connectivity index (χ3n) is 1.01. The van der Waals surface area contributed by atoms with E-state index in [4.69, 9.17) is 4.74 Å². The molecule has 0 N–H and O–H groups in total. The number of carbonyl (C=O) groups excluding carboxylic acids is 1. The van der Waals surface area contributed by atoms with Crippen LogP contribution >= 0.6 is 0 Å². The lowest BCUT2D eigenvalue weighted by Gasteiger charge is -1.95. The fraction of sp³-hybridized carbons (Fsp3) is 0.625. The van der Waals surface area contributed by atoms with Gasteiger partial charge in [0, 0.05) is 6.42 Å². The molecule has 58 valence electrons. The van der Waals surface area contributed by atoms with Crippen molar-refractivity contribution in [2.75, 3.05) is 6.61 Å². The largest absolute Gasteiger partial charge is 0.502 e. The summed E-state index contributed by atoms with van der Waals surface area (Å²) >= 11 is 0. The molecule has 0 radical (unpaired) electrons. The number of rotatable bonds is 6.